The van der Waals surface area contributed by atoms with Crippen molar-refractivity contribution in [2.75, 3.05) is 13.1 Å². The highest BCUT2D eigenvalue weighted by molar-refractivity contribution is 7.89. The molecule has 0 bridgehead atoms. The topological polar surface area (TPSA) is 63.4 Å². The highest BCUT2D eigenvalue weighted by Gasteiger charge is 2.37. The molecule has 1 saturated heterocycles. The molecule has 7 heteroatoms. The second-order valence-electron chi connectivity index (χ2n) is 5.17. The molecule has 2 atom stereocenters. The van der Waals surface area contributed by atoms with E-state index in [-0.39, 0.29) is 29.3 Å². The molecule has 1 aliphatic heterocycles. The van der Waals surface area contributed by atoms with E-state index >= 15 is 0 Å². The Kier molecular flexibility index (Phi) is 5.54. The number of sulfonamides is 1. The van der Waals surface area contributed by atoms with E-state index in [1.807, 2.05) is 6.92 Å². The molecule has 0 aliphatic carbocycles. The summed E-state index contributed by atoms with van der Waals surface area (Å²) in [6.07, 6.45) is 0.754. The van der Waals surface area contributed by atoms with Crippen molar-refractivity contribution in [3.05, 3.63) is 29.6 Å². The van der Waals surface area contributed by atoms with Crippen LogP contribution in [0.2, 0.25) is 0 Å². The fourth-order valence-electron chi connectivity index (χ4n) is 2.48. The van der Waals surface area contributed by atoms with Crippen LogP contribution in [0.15, 0.2) is 23.1 Å². The van der Waals surface area contributed by atoms with Crippen molar-refractivity contribution in [3.63, 3.8) is 0 Å². The number of benzene rings is 1. The summed E-state index contributed by atoms with van der Waals surface area (Å²) in [6.45, 7) is 4.35. The van der Waals surface area contributed by atoms with Crippen LogP contribution in [-0.2, 0) is 10.0 Å². The highest BCUT2D eigenvalue weighted by atomic mass is 35.5. The Hall–Kier alpha value is -0.690. The molecule has 0 spiro atoms. The predicted octanol–water partition coefficient (Wildman–Crippen LogP) is 1.91. The van der Waals surface area contributed by atoms with Crippen molar-refractivity contribution in [1.82, 2.24) is 4.31 Å². The molecular weight excluding hydrogens is 303 g/mol. The predicted molar refractivity (Wildman–Crippen MR) is 78.9 cm³/mol. The van der Waals surface area contributed by atoms with Crippen LogP contribution in [0.4, 0.5) is 4.39 Å². The first kappa shape index (κ1) is 17.4. The summed E-state index contributed by atoms with van der Waals surface area (Å²) < 4.78 is 39.9. The van der Waals surface area contributed by atoms with Gasteiger partial charge in [-0.3, -0.25) is 0 Å². The third-order valence-corrected chi connectivity index (χ3v) is 5.66. The van der Waals surface area contributed by atoms with Gasteiger partial charge in [0.05, 0.1) is 4.90 Å². The molecule has 1 aromatic carbocycles. The molecular formula is C13H20ClFN2O2S. The van der Waals surface area contributed by atoms with Gasteiger partial charge in [0.15, 0.2) is 0 Å². The lowest BCUT2D eigenvalue weighted by atomic mass is 10.1. The van der Waals surface area contributed by atoms with E-state index in [0.29, 0.717) is 18.7 Å². The van der Waals surface area contributed by atoms with Gasteiger partial charge in [-0.25, -0.2) is 12.8 Å². The van der Waals surface area contributed by atoms with Gasteiger partial charge in [-0.15, -0.1) is 12.4 Å². The second-order valence-corrected chi connectivity index (χ2v) is 7.06. The molecule has 2 rings (SSSR count). The summed E-state index contributed by atoms with van der Waals surface area (Å²) in [4.78, 5) is 0.0140. The summed E-state index contributed by atoms with van der Waals surface area (Å²) in [6, 6.07) is 3.94. The summed E-state index contributed by atoms with van der Waals surface area (Å²) in [5.41, 5.74) is 6.04. The van der Waals surface area contributed by atoms with Crippen molar-refractivity contribution in [1.29, 1.82) is 0 Å². The number of aryl methyl sites for hydroxylation is 1. The number of nitrogens with zero attached hydrogens (tertiary/aromatic N) is 1. The highest BCUT2D eigenvalue weighted by Crippen LogP contribution is 2.29. The molecule has 1 heterocycles. The maximum Gasteiger partial charge on any atom is 0.243 e. The summed E-state index contributed by atoms with van der Waals surface area (Å²) >= 11 is 0. The zero-order chi connectivity index (χ0) is 14.2. The third-order valence-electron chi connectivity index (χ3n) is 3.69. The van der Waals surface area contributed by atoms with Crippen molar-refractivity contribution >= 4 is 22.4 Å². The summed E-state index contributed by atoms with van der Waals surface area (Å²) in [5, 5.41) is 0. The molecule has 2 unspecified atom stereocenters. The molecule has 2 N–H and O–H groups in total. The zero-order valence-electron chi connectivity index (χ0n) is 11.5. The first-order valence-electron chi connectivity index (χ1n) is 6.34. The van der Waals surface area contributed by atoms with Crippen LogP contribution in [0.1, 0.15) is 18.9 Å². The Bertz CT molecular complexity index is 580. The lowest BCUT2D eigenvalue weighted by Gasteiger charge is -2.21. The summed E-state index contributed by atoms with van der Waals surface area (Å²) in [7, 11) is -3.63. The Morgan fingerprint density at radius 2 is 2.10 bits per heavy atom. The Labute approximate surface area is 125 Å². The largest absolute Gasteiger partial charge is 0.330 e. The molecule has 20 heavy (non-hydrogen) atoms. The number of rotatable bonds is 3. The Morgan fingerprint density at radius 3 is 2.60 bits per heavy atom. The smallest absolute Gasteiger partial charge is 0.243 e. The van der Waals surface area contributed by atoms with E-state index in [9.17, 15) is 12.8 Å². The molecule has 1 aliphatic rings. The van der Waals surface area contributed by atoms with Crippen LogP contribution in [-0.4, -0.2) is 31.9 Å². The lowest BCUT2D eigenvalue weighted by molar-refractivity contribution is 0.404. The van der Waals surface area contributed by atoms with Gasteiger partial charge >= 0.3 is 0 Å². The van der Waals surface area contributed by atoms with Gasteiger partial charge in [0.1, 0.15) is 5.82 Å². The Balaban J connectivity index is 0.00000200. The maximum atomic E-state index is 13.5. The number of hydrogen-bond acceptors (Lipinski definition) is 3. The van der Waals surface area contributed by atoms with E-state index in [0.717, 1.165) is 12.5 Å². The summed E-state index contributed by atoms with van der Waals surface area (Å²) in [5.74, 6) is -0.316. The fraction of sp³-hybridized carbons (Fsp3) is 0.538. The van der Waals surface area contributed by atoms with Crippen LogP contribution >= 0.6 is 12.4 Å². The van der Waals surface area contributed by atoms with Gasteiger partial charge in [-0.2, -0.15) is 4.31 Å². The van der Waals surface area contributed by atoms with Gasteiger partial charge in [-0.05, 0) is 50.4 Å². The van der Waals surface area contributed by atoms with Gasteiger partial charge in [0.25, 0.3) is 0 Å². The van der Waals surface area contributed by atoms with Crippen LogP contribution in [0.3, 0.4) is 0 Å². The van der Waals surface area contributed by atoms with E-state index in [1.165, 1.54) is 16.4 Å². The molecule has 114 valence electrons. The third kappa shape index (κ3) is 3.14. The monoisotopic (exact) mass is 322 g/mol. The zero-order valence-corrected chi connectivity index (χ0v) is 13.2. The van der Waals surface area contributed by atoms with Crippen LogP contribution in [0.25, 0.3) is 0 Å². The molecule has 1 aromatic rings. The van der Waals surface area contributed by atoms with Crippen LogP contribution < -0.4 is 5.73 Å². The first-order chi connectivity index (χ1) is 8.86. The Morgan fingerprint density at radius 1 is 1.45 bits per heavy atom. The standard InChI is InChI=1S/C13H19FN2O2S.ClH/c1-9-3-4-12(6-13(9)14)19(17,18)16-8-11(7-15)5-10(16)2;/h3-4,6,10-11H,5,7-8,15H2,1-2H3;1H. The SMILES string of the molecule is Cc1ccc(S(=O)(=O)N2CC(CN)CC2C)cc1F.Cl. The van der Waals surface area contributed by atoms with Gasteiger partial charge in [0, 0.05) is 12.6 Å². The van der Waals surface area contributed by atoms with E-state index in [1.54, 1.807) is 6.92 Å². The number of halogens is 2. The molecule has 0 amide bonds. The van der Waals surface area contributed by atoms with Crippen molar-refractivity contribution in [2.45, 2.75) is 31.2 Å². The maximum absolute atomic E-state index is 13.5. The molecule has 0 radical (unpaired) electrons. The first-order valence-corrected chi connectivity index (χ1v) is 7.78. The van der Waals surface area contributed by atoms with Gasteiger partial charge < -0.3 is 5.73 Å². The van der Waals surface area contributed by atoms with Crippen molar-refractivity contribution in [3.8, 4) is 0 Å². The fourth-order valence-corrected chi connectivity index (χ4v) is 4.21. The minimum atomic E-state index is -3.63. The van der Waals surface area contributed by atoms with E-state index in [4.69, 9.17) is 5.73 Å². The van der Waals surface area contributed by atoms with E-state index < -0.39 is 15.8 Å². The average molecular weight is 323 g/mol. The molecule has 0 aromatic heterocycles. The average Bonchev–Trinajstić information content (AvgIpc) is 2.74. The van der Waals surface area contributed by atoms with Crippen LogP contribution in [0, 0.1) is 18.7 Å². The molecule has 4 nitrogen and oxygen atoms in total. The lowest BCUT2D eigenvalue weighted by Crippen LogP contribution is -2.34. The molecule has 1 fully saturated rings. The van der Waals surface area contributed by atoms with Gasteiger partial charge in [0.2, 0.25) is 10.0 Å². The normalized spacial score (nSPS) is 23.6. The number of hydrogen-bond donors (Lipinski definition) is 1. The van der Waals surface area contributed by atoms with Crippen molar-refractivity contribution in [2.24, 2.45) is 11.7 Å². The van der Waals surface area contributed by atoms with Crippen LogP contribution in [0.5, 0.6) is 0 Å². The quantitative estimate of drug-likeness (QED) is 0.924. The van der Waals surface area contributed by atoms with Gasteiger partial charge in [-0.1, -0.05) is 6.07 Å². The van der Waals surface area contributed by atoms with Crippen molar-refractivity contribution < 1.29 is 12.8 Å². The minimum absolute atomic E-state index is 0. The van der Waals surface area contributed by atoms with E-state index in [2.05, 4.69) is 0 Å². The minimum Gasteiger partial charge on any atom is -0.330 e. The number of nitrogens with two attached hydrogens (primary N) is 1. The molecule has 0 saturated carbocycles. The second kappa shape index (κ2) is 6.39.